The predicted octanol–water partition coefficient (Wildman–Crippen LogP) is 3.21. The highest BCUT2D eigenvalue weighted by Crippen LogP contribution is 2.37. The highest BCUT2D eigenvalue weighted by Gasteiger charge is 2.39. The first-order valence-electron chi connectivity index (χ1n) is 7.62. The largest absolute Gasteiger partial charge is 0.481 e. The van der Waals surface area contributed by atoms with E-state index in [9.17, 15) is 9.59 Å². The zero-order chi connectivity index (χ0) is 19.3. The van der Waals surface area contributed by atoms with Gasteiger partial charge in [-0.25, -0.2) is 0 Å². The van der Waals surface area contributed by atoms with E-state index in [1.165, 1.54) is 13.8 Å². The number of carboxylic acids is 2. The second kappa shape index (κ2) is 8.26. The van der Waals surface area contributed by atoms with Crippen LogP contribution in [0.3, 0.4) is 0 Å². The van der Waals surface area contributed by atoms with Gasteiger partial charge in [-0.05, 0) is 45.8 Å². The maximum absolute atomic E-state index is 10.9. The van der Waals surface area contributed by atoms with E-state index in [2.05, 4.69) is 33.9 Å². The Morgan fingerprint density at radius 1 is 0.870 bits per heavy atom. The smallest absolute Gasteiger partial charge is 0.311 e. The Bertz CT molecular complexity index is 407. The molecule has 0 rings (SSSR count). The van der Waals surface area contributed by atoms with Gasteiger partial charge in [0.05, 0.1) is 17.4 Å². The molecule has 0 aromatic heterocycles. The van der Waals surface area contributed by atoms with Crippen molar-refractivity contribution in [1.29, 1.82) is 0 Å². The van der Waals surface area contributed by atoms with Crippen molar-refractivity contribution in [2.45, 2.75) is 66.6 Å². The van der Waals surface area contributed by atoms with Crippen molar-refractivity contribution in [3.63, 3.8) is 0 Å². The first-order chi connectivity index (χ1) is 9.90. The van der Waals surface area contributed by atoms with Crippen molar-refractivity contribution in [2.75, 3.05) is 13.2 Å². The lowest BCUT2D eigenvalue weighted by atomic mass is 9.96. The van der Waals surface area contributed by atoms with E-state index in [1.807, 2.05) is 0 Å². The van der Waals surface area contributed by atoms with Crippen LogP contribution >= 0.6 is 0 Å². The maximum atomic E-state index is 10.9. The minimum Gasteiger partial charge on any atom is -0.481 e. The summed E-state index contributed by atoms with van der Waals surface area (Å²) >= 11 is 0. The lowest BCUT2D eigenvalue weighted by Crippen LogP contribution is -2.44. The zero-order valence-corrected chi connectivity index (χ0v) is 17.0. The van der Waals surface area contributed by atoms with Crippen LogP contribution in [0.4, 0.5) is 0 Å². The number of aliphatic hydroxyl groups excluding tert-OH is 1. The van der Waals surface area contributed by atoms with Crippen LogP contribution in [-0.4, -0.2) is 48.8 Å². The van der Waals surface area contributed by atoms with Gasteiger partial charge in [0.2, 0.25) is 0 Å². The molecule has 0 atom stereocenters. The Balaban J connectivity index is 0. The van der Waals surface area contributed by atoms with Gasteiger partial charge in [0.1, 0.15) is 0 Å². The first-order valence-corrected chi connectivity index (χ1v) is 10.5. The van der Waals surface area contributed by atoms with Crippen LogP contribution < -0.4 is 0 Å². The Hall–Kier alpha value is -0.923. The molecule has 0 spiro atoms. The number of carbonyl (C=O) groups is 2. The fourth-order valence-corrected chi connectivity index (χ4v) is 1.86. The van der Waals surface area contributed by atoms with Gasteiger partial charge in [0.15, 0.2) is 8.32 Å². The number of carboxylic acid groups (broad SMARTS) is 2. The molecule has 0 amide bonds. The van der Waals surface area contributed by atoms with Crippen LogP contribution in [0, 0.1) is 10.8 Å². The molecule has 0 aliphatic carbocycles. The Morgan fingerprint density at radius 3 is 1.39 bits per heavy atom. The monoisotopic (exact) mass is 350 g/mol. The van der Waals surface area contributed by atoms with E-state index in [0.29, 0.717) is 6.61 Å². The molecule has 0 saturated heterocycles. The van der Waals surface area contributed by atoms with Gasteiger partial charge in [-0.1, -0.05) is 20.8 Å². The summed E-state index contributed by atoms with van der Waals surface area (Å²) in [6.45, 7) is 17.0. The number of hydrogen-bond donors (Lipinski definition) is 3. The minimum atomic E-state index is -1.82. The molecule has 0 radical (unpaired) electrons. The maximum Gasteiger partial charge on any atom is 0.311 e. The predicted molar refractivity (Wildman–Crippen MR) is 93.1 cm³/mol. The molecule has 0 aromatic rings. The van der Waals surface area contributed by atoms with Crippen molar-refractivity contribution in [1.82, 2.24) is 0 Å². The quantitative estimate of drug-likeness (QED) is 0.635. The van der Waals surface area contributed by atoms with Gasteiger partial charge in [-0.15, -0.1) is 0 Å². The van der Waals surface area contributed by atoms with Gasteiger partial charge in [-0.2, -0.15) is 0 Å². The highest BCUT2D eigenvalue weighted by atomic mass is 28.4. The molecule has 0 unspecified atom stereocenters. The third-order valence-corrected chi connectivity index (χ3v) is 8.63. The molecular formula is C16H34O6Si. The second-order valence-corrected chi connectivity index (χ2v) is 13.4. The molecule has 23 heavy (non-hydrogen) atoms. The summed E-state index contributed by atoms with van der Waals surface area (Å²) in [6, 6.07) is 0. The van der Waals surface area contributed by atoms with Crippen molar-refractivity contribution in [2.24, 2.45) is 10.8 Å². The summed E-state index contributed by atoms with van der Waals surface area (Å²) in [4.78, 5) is 21.0. The molecule has 0 fully saturated rings. The Labute approximate surface area is 141 Å². The third kappa shape index (κ3) is 8.48. The number of aliphatic hydroxyl groups is 1. The molecular weight excluding hydrogens is 316 g/mol. The van der Waals surface area contributed by atoms with Crippen LogP contribution in [0.2, 0.25) is 18.1 Å². The summed E-state index contributed by atoms with van der Waals surface area (Å²) in [5.41, 5.74) is -1.78. The molecule has 3 N–H and O–H groups in total. The summed E-state index contributed by atoms with van der Waals surface area (Å²) in [5.74, 6) is -1.78. The average Bonchev–Trinajstić information content (AvgIpc) is 2.35. The lowest BCUT2D eigenvalue weighted by Gasteiger charge is -2.38. The normalized spacial score (nSPS) is 13.1. The summed E-state index contributed by atoms with van der Waals surface area (Å²) in [7, 11) is -1.82. The van der Waals surface area contributed by atoms with E-state index >= 15 is 0 Å². The van der Waals surface area contributed by atoms with E-state index in [0.717, 1.165) is 0 Å². The Morgan fingerprint density at radius 2 is 1.22 bits per heavy atom. The van der Waals surface area contributed by atoms with E-state index in [-0.39, 0.29) is 11.6 Å². The van der Waals surface area contributed by atoms with Crippen molar-refractivity contribution < 1.29 is 29.3 Å². The number of aliphatic carboxylic acids is 2. The third-order valence-electron chi connectivity index (χ3n) is 4.15. The first kappa shape index (κ1) is 24.3. The fourth-order valence-electron chi connectivity index (χ4n) is 0.707. The van der Waals surface area contributed by atoms with E-state index in [4.69, 9.17) is 19.7 Å². The molecule has 138 valence electrons. The van der Waals surface area contributed by atoms with Crippen LogP contribution in [0.25, 0.3) is 0 Å². The molecule has 0 bridgehead atoms. The Kier molecular flexibility index (Phi) is 8.73. The average molecular weight is 351 g/mol. The van der Waals surface area contributed by atoms with Gasteiger partial charge in [0.25, 0.3) is 0 Å². The minimum absolute atomic E-state index is 0.127. The van der Waals surface area contributed by atoms with Crippen molar-refractivity contribution >= 4 is 20.3 Å². The molecule has 0 aromatic carbocycles. The van der Waals surface area contributed by atoms with E-state index in [1.54, 1.807) is 13.8 Å². The number of rotatable bonds is 6. The van der Waals surface area contributed by atoms with E-state index < -0.39 is 31.1 Å². The fraction of sp³-hybridized carbons (Fsp3) is 0.875. The molecule has 0 aliphatic heterocycles. The van der Waals surface area contributed by atoms with Crippen LogP contribution in [-0.2, 0) is 14.0 Å². The molecule has 7 heteroatoms. The van der Waals surface area contributed by atoms with Gasteiger partial charge in [0, 0.05) is 6.61 Å². The standard InChI is InChI=1S/C11H24O3Si.C5H10O3/c1-10(2,3)15(6,7)14-8-11(4,5)9(12)13;1-5(2,3-6)4(7)8/h8H2,1-7H3,(H,12,13);6H,3H2,1-2H3,(H,7,8). The van der Waals surface area contributed by atoms with Gasteiger partial charge in [-0.3, -0.25) is 9.59 Å². The summed E-state index contributed by atoms with van der Waals surface area (Å²) in [5, 5.41) is 25.8. The number of hydrogen-bond acceptors (Lipinski definition) is 4. The van der Waals surface area contributed by atoms with Crippen LogP contribution in [0.15, 0.2) is 0 Å². The molecule has 0 saturated carbocycles. The SMILES string of the molecule is CC(C)(CO)C(=O)O.CC(C)(CO[Si](C)(C)C(C)(C)C)C(=O)O. The van der Waals surface area contributed by atoms with Crippen molar-refractivity contribution in [3.05, 3.63) is 0 Å². The molecule has 6 nitrogen and oxygen atoms in total. The molecule has 0 aliphatic rings. The lowest BCUT2D eigenvalue weighted by molar-refractivity contribution is -0.149. The zero-order valence-electron chi connectivity index (χ0n) is 16.0. The van der Waals surface area contributed by atoms with Crippen LogP contribution in [0.5, 0.6) is 0 Å². The summed E-state index contributed by atoms with van der Waals surface area (Å²) in [6.07, 6.45) is 0. The van der Waals surface area contributed by atoms with Gasteiger partial charge < -0.3 is 19.7 Å². The van der Waals surface area contributed by atoms with Crippen molar-refractivity contribution in [3.8, 4) is 0 Å². The van der Waals surface area contributed by atoms with Crippen LogP contribution in [0.1, 0.15) is 48.5 Å². The van der Waals surface area contributed by atoms with Gasteiger partial charge >= 0.3 is 11.9 Å². The highest BCUT2D eigenvalue weighted by molar-refractivity contribution is 6.74. The second-order valence-electron chi connectivity index (χ2n) is 8.59. The summed E-state index contributed by atoms with van der Waals surface area (Å²) < 4.78 is 5.88. The molecule has 0 heterocycles. The topological polar surface area (TPSA) is 104 Å².